The van der Waals surface area contributed by atoms with Gasteiger partial charge in [0.25, 0.3) is 0 Å². The molecule has 3 aromatic rings. The van der Waals surface area contributed by atoms with E-state index >= 15 is 0 Å². The number of hydrogen-bond donors (Lipinski definition) is 1. The van der Waals surface area contributed by atoms with Crippen molar-refractivity contribution in [2.75, 3.05) is 5.32 Å². The Morgan fingerprint density at radius 1 is 1.31 bits per heavy atom. The van der Waals surface area contributed by atoms with Crippen molar-refractivity contribution >= 4 is 39.3 Å². The van der Waals surface area contributed by atoms with Crippen molar-refractivity contribution in [2.24, 2.45) is 0 Å². The van der Waals surface area contributed by atoms with Crippen molar-refractivity contribution in [2.45, 2.75) is 44.4 Å². The zero-order valence-corrected chi connectivity index (χ0v) is 19.0. The largest absolute Gasteiger partial charge is 0.436 e. The Bertz CT molecular complexity index is 1170. The number of nitrogens with zero attached hydrogens (tertiary/aromatic N) is 4. The molecular weight excluding hydrogens is 518 g/mol. The molecule has 170 valence electrons. The molecule has 0 saturated heterocycles. The van der Waals surface area contributed by atoms with Gasteiger partial charge in [-0.2, -0.15) is 23.4 Å². The van der Waals surface area contributed by atoms with Crippen molar-refractivity contribution in [3.8, 4) is 0 Å². The van der Waals surface area contributed by atoms with E-state index in [1.165, 1.54) is 23.9 Å². The van der Waals surface area contributed by atoms with Gasteiger partial charge in [-0.1, -0.05) is 29.8 Å². The third kappa shape index (κ3) is 4.54. The molecule has 6 nitrogen and oxygen atoms in total. The predicted molar refractivity (Wildman–Crippen MR) is 113 cm³/mol. The molecule has 4 rings (SSSR count). The predicted octanol–water partition coefficient (Wildman–Crippen LogP) is 5.78. The minimum atomic E-state index is -4.65. The summed E-state index contributed by atoms with van der Waals surface area (Å²) in [6.45, 7) is 1.54. The second-order valence-corrected chi connectivity index (χ2v) is 8.74. The van der Waals surface area contributed by atoms with Gasteiger partial charge in [0, 0.05) is 17.7 Å². The molecule has 2 aromatic heterocycles. The molecule has 2 heterocycles. The van der Waals surface area contributed by atoms with Crippen LogP contribution in [0.1, 0.15) is 48.7 Å². The van der Waals surface area contributed by atoms with Crippen LogP contribution in [0.5, 0.6) is 0 Å². The minimum absolute atomic E-state index is 0.0232. The van der Waals surface area contributed by atoms with Crippen molar-refractivity contribution in [3.05, 3.63) is 62.7 Å². The SMILES string of the molecule is CC(C(=O)Nc1nn(Cc2ccccc2F)cc1Cl)n1nc(C(F)(F)F)c(Br)c1C1CC1. The topological polar surface area (TPSA) is 64.7 Å². The molecule has 1 atom stereocenters. The summed E-state index contributed by atoms with van der Waals surface area (Å²) in [7, 11) is 0. The molecule has 1 aliphatic rings. The number of hydrogen-bond acceptors (Lipinski definition) is 3. The summed E-state index contributed by atoms with van der Waals surface area (Å²) in [6, 6.07) is 5.11. The van der Waals surface area contributed by atoms with E-state index in [1.54, 1.807) is 18.2 Å². The standard InChI is InChI=1S/C20H17BrClF4N5O/c1-10(31-16(11-6-7-11)15(21)17(28-31)20(24,25)26)19(32)27-18-13(22)9-30(29-18)8-12-4-2-3-5-14(12)23/h2-5,9-11H,6-8H2,1H3,(H,27,29,32). The number of amides is 1. The number of aromatic nitrogens is 4. The number of anilines is 1. The fourth-order valence-electron chi connectivity index (χ4n) is 3.32. The van der Waals surface area contributed by atoms with Crippen LogP contribution in [0.3, 0.4) is 0 Å². The second-order valence-electron chi connectivity index (χ2n) is 7.54. The van der Waals surface area contributed by atoms with Crippen LogP contribution in [0.2, 0.25) is 5.02 Å². The molecule has 1 unspecified atom stereocenters. The summed E-state index contributed by atoms with van der Waals surface area (Å²) in [5.74, 6) is -1.11. The van der Waals surface area contributed by atoms with Crippen molar-refractivity contribution in [3.63, 3.8) is 0 Å². The lowest BCUT2D eigenvalue weighted by Crippen LogP contribution is -2.26. The highest BCUT2D eigenvalue weighted by Crippen LogP contribution is 2.47. The number of carbonyl (C=O) groups is 1. The van der Waals surface area contributed by atoms with Gasteiger partial charge < -0.3 is 5.32 Å². The van der Waals surface area contributed by atoms with Crippen molar-refractivity contribution in [1.29, 1.82) is 0 Å². The molecule has 0 aliphatic heterocycles. The van der Waals surface area contributed by atoms with E-state index in [0.717, 1.165) is 17.5 Å². The molecule has 0 spiro atoms. The highest BCUT2D eigenvalue weighted by Gasteiger charge is 2.43. The van der Waals surface area contributed by atoms with Gasteiger partial charge in [0.1, 0.15) is 16.9 Å². The molecule has 0 bridgehead atoms. The maximum atomic E-state index is 13.9. The quantitative estimate of drug-likeness (QED) is 0.408. The number of rotatable bonds is 6. The van der Waals surface area contributed by atoms with Gasteiger partial charge in [-0.3, -0.25) is 14.2 Å². The number of alkyl halides is 3. The van der Waals surface area contributed by atoms with E-state index in [4.69, 9.17) is 11.6 Å². The molecule has 1 aliphatic carbocycles. The number of halogens is 6. The fraction of sp³-hybridized carbons (Fsp3) is 0.350. The molecule has 32 heavy (non-hydrogen) atoms. The molecule has 1 amide bonds. The Balaban J connectivity index is 1.55. The maximum Gasteiger partial charge on any atom is 0.436 e. The summed E-state index contributed by atoms with van der Waals surface area (Å²) in [6.07, 6.45) is -1.78. The first-order valence-corrected chi connectivity index (χ1v) is 10.9. The van der Waals surface area contributed by atoms with Crippen molar-refractivity contribution in [1.82, 2.24) is 19.6 Å². The van der Waals surface area contributed by atoms with Crippen LogP contribution in [0, 0.1) is 5.82 Å². The first kappa shape index (κ1) is 22.8. The first-order chi connectivity index (χ1) is 15.1. The first-order valence-electron chi connectivity index (χ1n) is 9.68. The van der Waals surface area contributed by atoms with Gasteiger partial charge in [-0.15, -0.1) is 0 Å². The van der Waals surface area contributed by atoms with Gasteiger partial charge in [-0.05, 0) is 41.8 Å². The van der Waals surface area contributed by atoms with Gasteiger partial charge in [0.05, 0.1) is 16.7 Å². The van der Waals surface area contributed by atoms with E-state index < -0.39 is 29.6 Å². The zero-order chi connectivity index (χ0) is 23.2. The Morgan fingerprint density at radius 3 is 2.62 bits per heavy atom. The summed E-state index contributed by atoms with van der Waals surface area (Å²) < 4.78 is 56.2. The lowest BCUT2D eigenvalue weighted by Gasteiger charge is -2.15. The van der Waals surface area contributed by atoms with Gasteiger partial charge >= 0.3 is 6.18 Å². The zero-order valence-electron chi connectivity index (χ0n) is 16.6. The van der Waals surface area contributed by atoms with E-state index in [1.807, 2.05) is 0 Å². The van der Waals surface area contributed by atoms with Crippen LogP contribution in [0.4, 0.5) is 23.4 Å². The smallest absolute Gasteiger partial charge is 0.306 e. The fourth-order valence-corrected chi connectivity index (χ4v) is 4.33. The van der Waals surface area contributed by atoms with Crippen molar-refractivity contribution < 1.29 is 22.4 Å². The van der Waals surface area contributed by atoms with Crippen LogP contribution in [-0.2, 0) is 17.5 Å². The molecule has 1 fully saturated rings. The van der Waals surface area contributed by atoms with Crippen LogP contribution in [0.15, 0.2) is 34.9 Å². The van der Waals surface area contributed by atoms with E-state index in [-0.39, 0.29) is 27.8 Å². The molecule has 1 aromatic carbocycles. The summed E-state index contributed by atoms with van der Waals surface area (Å²) in [4.78, 5) is 12.8. The Hall–Kier alpha value is -2.40. The molecule has 12 heteroatoms. The molecule has 0 radical (unpaired) electrons. The van der Waals surface area contributed by atoms with Crippen LogP contribution in [-0.4, -0.2) is 25.5 Å². The monoisotopic (exact) mass is 533 g/mol. The van der Waals surface area contributed by atoms with E-state index in [0.29, 0.717) is 11.3 Å². The van der Waals surface area contributed by atoms with Crippen LogP contribution < -0.4 is 5.32 Å². The average Bonchev–Trinajstić information content (AvgIpc) is 3.40. The van der Waals surface area contributed by atoms with Gasteiger partial charge in [0.2, 0.25) is 5.91 Å². The van der Waals surface area contributed by atoms with Crippen LogP contribution >= 0.6 is 27.5 Å². The molecular formula is C20H17BrClF4N5O. The normalized spacial score (nSPS) is 15.1. The summed E-state index contributed by atoms with van der Waals surface area (Å²) >= 11 is 9.17. The number of nitrogens with one attached hydrogen (secondary N) is 1. The Labute approximate surface area is 193 Å². The average molecular weight is 535 g/mol. The van der Waals surface area contributed by atoms with Gasteiger partial charge in [-0.25, -0.2) is 4.39 Å². The number of benzene rings is 1. The number of carbonyl (C=O) groups excluding carboxylic acids is 1. The third-order valence-electron chi connectivity index (χ3n) is 5.12. The lowest BCUT2D eigenvalue weighted by atomic mass is 10.2. The molecule has 1 N–H and O–H groups in total. The summed E-state index contributed by atoms with van der Waals surface area (Å²) in [5.41, 5.74) is -0.338. The van der Waals surface area contributed by atoms with E-state index in [2.05, 4.69) is 31.4 Å². The Morgan fingerprint density at radius 2 is 2.00 bits per heavy atom. The minimum Gasteiger partial charge on any atom is -0.306 e. The summed E-state index contributed by atoms with van der Waals surface area (Å²) in [5, 5.41) is 10.5. The maximum absolute atomic E-state index is 13.9. The lowest BCUT2D eigenvalue weighted by molar-refractivity contribution is -0.142. The highest BCUT2D eigenvalue weighted by molar-refractivity contribution is 9.10. The molecule has 1 saturated carbocycles. The highest BCUT2D eigenvalue weighted by atomic mass is 79.9. The second kappa shape index (κ2) is 8.51. The van der Waals surface area contributed by atoms with Gasteiger partial charge in [0.15, 0.2) is 11.5 Å². The Kier molecular flexibility index (Phi) is 6.06. The van der Waals surface area contributed by atoms with E-state index in [9.17, 15) is 22.4 Å². The third-order valence-corrected chi connectivity index (χ3v) is 6.17. The van der Waals surface area contributed by atoms with Crippen LogP contribution in [0.25, 0.3) is 0 Å².